The Hall–Kier alpha value is -2.89. The normalized spacial score (nSPS) is 14.4. The minimum Gasteiger partial charge on any atom is -0.493 e. The standard InChI is InChI=1S/C23H29NO5/c1-26-19-7-5-17(14-21(19)28-3)13-16-9-11-24(12-10-16)23(25)18-6-8-20(27-2)22(15-18)29-4/h5-8,14-16H,9-13H2,1-4H3. The van der Waals surface area contributed by atoms with Crippen molar-refractivity contribution >= 4 is 5.91 Å². The van der Waals surface area contributed by atoms with E-state index in [2.05, 4.69) is 6.07 Å². The molecule has 156 valence electrons. The molecule has 6 heteroatoms. The number of likely N-dealkylation sites (tertiary alicyclic amines) is 1. The maximum Gasteiger partial charge on any atom is 0.253 e. The van der Waals surface area contributed by atoms with Crippen LogP contribution >= 0.6 is 0 Å². The van der Waals surface area contributed by atoms with Gasteiger partial charge in [0.25, 0.3) is 5.91 Å². The van der Waals surface area contributed by atoms with E-state index in [0.29, 0.717) is 23.0 Å². The van der Waals surface area contributed by atoms with Crippen molar-refractivity contribution in [3.63, 3.8) is 0 Å². The van der Waals surface area contributed by atoms with Gasteiger partial charge in [-0.25, -0.2) is 0 Å². The smallest absolute Gasteiger partial charge is 0.253 e. The Morgan fingerprint density at radius 3 is 1.97 bits per heavy atom. The first-order valence-corrected chi connectivity index (χ1v) is 9.81. The van der Waals surface area contributed by atoms with Crippen molar-refractivity contribution in [1.29, 1.82) is 0 Å². The van der Waals surface area contributed by atoms with Crippen LogP contribution in [0.1, 0.15) is 28.8 Å². The summed E-state index contributed by atoms with van der Waals surface area (Å²) in [5.41, 5.74) is 1.85. The second kappa shape index (κ2) is 9.54. The topological polar surface area (TPSA) is 57.2 Å². The molecule has 0 aromatic heterocycles. The molecule has 1 heterocycles. The van der Waals surface area contributed by atoms with Gasteiger partial charge in [0.15, 0.2) is 23.0 Å². The number of amides is 1. The average molecular weight is 399 g/mol. The van der Waals surface area contributed by atoms with Gasteiger partial charge in [0.1, 0.15) is 0 Å². The minimum atomic E-state index is 0.0375. The van der Waals surface area contributed by atoms with Crippen LogP contribution in [0.4, 0.5) is 0 Å². The summed E-state index contributed by atoms with van der Waals surface area (Å²) in [5, 5.41) is 0. The molecule has 0 aliphatic carbocycles. The zero-order valence-electron chi connectivity index (χ0n) is 17.6. The molecule has 0 spiro atoms. The first kappa shape index (κ1) is 20.8. The fourth-order valence-electron chi connectivity index (χ4n) is 3.83. The molecular weight excluding hydrogens is 370 g/mol. The third-order valence-corrected chi connectivity index (χ3v) is 5.50. The maximum absolute atomic E-state index is 12.9. The number of piperidine rings is 1. The fourth-order valence-corrected chi connectivity index (χ4v) is 3.83. The van der Waals surface area contributed by atoms with Crippen LogP contribution < -0.4 is 18.9 Å². The molecule has 1 aliphatic heterocycles. The summed E-state index contributed by atoms with van der Waals surface area (Å²) in [7, 11) is 6.46. The molecule has 0 radical (unpaired) electrons. The van der Waals surface area contributed by atoms with Crippen LogP contribution in [0.5, 0.6) is 23.0 Å². The molecule has 0 unspecified atom stereocenters. The van der Waals surface area contributed by atoms with Crippen LogP contribution in [0.15, 0.2) is 36.4 Å². The lowest BCUT2D eigenvalue weighted by Crippen LogP contribution is -2.38. The van der Waals surface area contributed by atoms with Gasteiger partial charge in [0.2, 0.25) is 0 Å². The van der Waals surface area contributed by atoms with Gasteiger partial charge in [-0.05, 0) is 61.1 Å². The summed E-state index contributed by atoms with van der Waals surface area (Å²) in [6, 6.07) is 11.4. The predicted molar refractivity (Wildman–Crippen MR) is 111 cm³/mol. The third-order valence-electron chi connectivity index (χ3n) is 5.50. The summed E-state index contributed by atoms with van der Waals surface area (Å²) >= 11 is 0. The van der Waals surface area contributed by atoms with E-state index >= 15 is 0 Å². The van der Waals surface area contributed by atoms with Crippen LogP contribution in [0.25, 0.3) is 0 Å². The van der Waals surface area contributed by atoms with Gasteiger partial charge >= 0.3 is 0 Å². The van der Waals surface area contributed by atoms with Gasteiger partial charge in [-0.15, -0.1) is 0 Å². The Bertz CT molecular complexity index is 843. The maximum atomic E-state index is 12.9. The second-order valence-corrected chi connectivity index (χ2v) is 7.20. The number of nitrogens with zero attached hydrogens (tertiary/aromatic N) is 1. The van der Waals surface area contributed by atoms with Gasteiger partial charge in [-0.1, -0.05) is 6.07 Å². The molecular formula is C23H29NO5. The van der Waals surface area contributed by atoms with Gasteiger partial charge in [0, 0.05) is 18.7 Å². The van der Waals surface area contributed by atoms with Crippen LogP contribution in [-0.2, 0) is 6.42 Å². The molecule has 0 N–H and O–H groups in total. The Morgan fingerprint density at radius 1 is 0.828 bits per heavy atom. The number of methoxy groups -OCH3 is 4. The zero-order valence-corrected chi connectivity index (χ0v) is 17.6. The highest BCUT2D eigenvalue weighted by atomic mass is 16.5. The number of carbonyl (C=O) groups is 1. The van der Waals surface area contributed by atoms with Crippen LogP contribution in [-0.4, -0.2) is 52.3 Å². The Kier molecular flexibility index (Phi) is 6.86. The number of benzene rings is 2. The number of hydrogen-bond donors (Lipinski definition) is 0. The average Bonchev–Trinajstić information content (AvgIpc) is 2.78. The van der Waals surface area contributed by atoms with Crippen molar-refractivity contribution in [2.75, 3.05) is 41.5 Å². The predicted octanol–water partition coefficient (Wildman–Crippen LogP) is 3.82. The number of rotatable bonds is 7. The van der Waals surface area contributed by atoms with E-state index in [0.717, 1.165) is 43.9 Å². The van der Waals surface area contributed by atoms with Crippen molar-refractivity contribution < 1.29 is 23.7 Å². The lowest BCUT2D eigenvalue weighted by molar-refractivity contribution is 0.0690. The van der Waals surface area contributed by atoms with E-state index < -0.39 is 0 Å². The molecule has 0 saturated carbocycles. The number of ether oxygens (including phenoxy) is 4. The SMILES string of the molecule is COc1ccc(CC2CCN(C(=O)c3ccc(OC)c(OC)c3)CC2)cc1OC. The quantitative estimate of drug-likeness (QED) is 0.709. The summed E-state index contributed by atoms with van der Waals surface area (Å²) in [5.74, 6) is 3.27. The highest BCUT2D eigenvalue weighted by Gasteiger charge is 2.24. The molecule has 6 nitrogen and oxygen atoms in total. The Labute approximate surface area is 172 Å². The molecule has 1 amide bonds. The highest BCUT2D eigenvalue weighted by molar-refractivity contribution is 5.95. The molecule has 2 aromatic rings. The monoisotopic (exact) mass is 399 g/mol. The summed E-state index contributed by atoms with van der Waals surface area (Å²) in [4.78, 5) is 14.8. The summed E-state index contributed by atoms with van der Waals surface area (Å²) in [6.45, 7) is 1.51. The largest absolute Gasteiger partial charge is 0.493 e. The van der Waals surface area contributed by atoms with Crippen molar-refractivity contribution in [3.05, 3.63) is 47.5 Å². The summed E-state index contributed by atoms with van der Waals surface area (Å²) < 4.78 is 21.3. The first-order valence-electron chi connectivity index (χ1n) is 9.81. The lowest BCUT2D eigenvalue weighted by atomic mass is 9.90. The first-order chi connectivity index (χ1) is 14.1. The molecule has 1 aliphatic rings. The lowest BCUT2D eigenvalue weighted by Gasteiger charge is -2.32. The molecule has 3 rings (SSSR count). The Morgan fingerprint density at radius 2 is 1.38 bits per heavy atom. The van der Waals surface area contributed by atoms with E-state index in [1.165, 1.54) is 5.56 Å². The molecule has 1 fully saturated rings. The van der Waals surface area contributed by atoms with E-state index in [4.69, 9.17) is 18.9 Å². The molecule has 2 aromatic carbocycles. The Balaban J connectivity index is 1.60. The van der Waals surface area contributed by atoms with Gasteiger partial charge in [-0.2, -0.15) is 0 Å². The zero-order chi connectivity index (χ0) is 20.8. The number of carbonyl (C=O) groups excluding carboxylic acids is 1. The number of hydrogen-bond acceptors (Lipinski definition) is 5. The summed E-state index contributed by atoms with van der Waals surface area (Å²) in [6.07, 6.45) is 2.93. The molecule has 29 heavy (non-hydrogen) atoms. The van der Waals surface area contributed by atoms with E-state index in [-0.39, 0.29) is 5.91 Å². The van der Waals surface area contributed by atoms with Crippen molar-refractivity contribution in [2.24, 2.45) is 5.92 Å². The minimum absolute atomic E-state index is 0.0375. The highest BCUT2D eigenvalue weighted by Crippen LogP contribution is 2.31. The van der Waals surface area contributed by atoms with Crippen LogP contribution in [0.3, 0.4) is 0 Å². The van der Waals surface area contributed by atoms with Gasteiger partial charge < -0.3 is 23.8 Å². The van der Waals surface area contributed by atoms with E-state index in [1.807, 2.05) is 17.0 Å². The third kappa shape index (κ3) is 4.75. The van der Waals surface area contributed by atoms with Crippen molar-refractivity contribution in [1.82, 2.24) is 4.90 Å². The van der Waals surface area contributed by atoms with Crippen molar-refractivity contribution in [2.45, 2.75) is 19.3 Å². The van der Waals surface area contributed by atoms with E-state index in [9.17, 15) is 4.79 Å². The second-order valence-electron chi connectivity index (χ2n) is 7.20. The van der Waals surface area contributed by atoms with Crippen molar-refractivity contribution in [3.8, 4) is 23.0 Å². The molecule has 1 saturated heterocycles. The van der Waals surface area contributed by atoms with Crippen LogP contribution in [0.2, 0.25) is 0 Å². The van der Waals surface area contributed by atoms with E-state index in [1.54, 1.807) is 46.6 Å². The molecule has 0 bridgehead atoms. The molecule has 0 atom stereocenters. The van der Waals surface area contributed by atoms with Gasteiger partial charge in [-0.3, -0.25) is 4.79 Å². The fraction of sp³-hybridized carbons (Fsp3) is 0.435. The van der Waals surface area contributed by atoms with Gasteiger partial charge in [0.05, 0.1) is 28.4 Å². The van der Waals surface area contributed by atoms with Crippen LogP contribution in [0, 0.1) is 5.92 Å².